The maximum Gasteiger partial charge on any atom is 0.253 e. The van der Waals surface area contributed by atoms with Gasteiger partial charge in [-0.2, -0.15) is 10.4 Å². The van der Waals surface area contributed by atoms with Crippen LogP contribution in [0.3, 0.4) is 0 Å². The molecule has 1 fully saturated rings. The summed E-state index contributed by atoms with van der Waals surface area (Å²) >= 11 is 3.38. The van der Waals surface area contributed by atoms with Crippen LogP contribution >= 0.6 is 15.9 Å². The molecule has 0 aliphatic carbocycles. The lowest BCUT2D eigenvalue weighted by molar-refractivity contribution is 0.0746. The minimum absolute atomic E-state index is 0.0267. The number of aromatic nitrogens is 2. The second kappa shape index (κ2) is 7.19. The van der Waals surface area contributed by atoms with Crippen LogP contribution in [0.25, 0.3) is 0 Å². The average molecular weight is 400 g/mol. The van der Waals surface area contributed by atoms with Gasteiger partial charge in [0, 0.05) is 36.2 Å². The molecule has 0 saturated carbocycles. The van der Waals surface area contributed by atoms with Crippen LogP contribution in [-0.4, -0.2) is 47.2 Å². The van der Waals surface area contributed by atoms with Gasteiger partial charge in [-0.25, -0.2) is 0 Å². The molecule has 128 valence electrons. The van der Waals surface area contributed by atoms with Crippen LogP contribution in [0.1, 0.15) is 27.2 Å². The van der Waals surface area contributed by atoms with Gasteiger partial charge < -0.3 is 9.80 Å². The van der Waals surface area contributed by atoms with Crippen molar-refractivity contribution in [3.05, 3.63) is 51.1 Å². The van der Waals surface area contributed by atoms with Crippen LogP contribution in [0.2, 0.25) is 0 Å². The molecular weight excluding hydrogens is 382 g/mol. The van der Waals surface area contributed by atoms with Gasteiger partial charge in [0.15, 0.2) is 5.82 Å². The van der Waals surface area contributed by atoms with E-state index in [0.717, 1.165) is 15.7 Å². The highest BCUT2D eigenvalue weighted by atomic mass is 79.9. The molecule has 0 atom stereocenters. The molecule has 0 radical (unpaired) electrons. The number of nitriles is 1. The van der Waals surface area contributed by atoms with Crippen LogP contribution < -0.4 is 4.90 Å². The smallest absolute Gasteiger partial charge is 0.253 e. The molecule has 0 spiro atoms. The maximum atomic E-state index is 12.6. The topological polar surface area (TPSA) is 73.1 Å². The molecule has 1 saturated heterocycles. The van der Waals surface area contributed by atoms with Crippen molar-refractivity contribution in [3.8, 4) is 6.07 Å². The van der Waals surface area contributed by atoms with Gasteiger partial charge in [-0.05, 0) is 43.7 Å². The molecular formula is C18H18BrN5O. The van der Waals surface area contributed by atoms with Crippen LogP contribution in [0.5, 0.6) is 0 Å². The van der Waals surface area contributed by atoms with Crippen LogP contribution in [-0.2, 0) is 0 Å². The Kier molecular flexibility index (Phi) is 5.00. The normalized spacial score (nSPS) is 14.3. The van der Waals surface area contributed by atoms with Crippen molar-refractivity contribution in [1.29, 1.82) is 5.26 Å². The zero-order valence-electron chi connectivity index (χ0n) is 14.2. The predicted molar refractivity (Wildman–Crippen MR) is 98.5 cm³/mol. The molecule has 1 aromatic carbocycles. The molecule has 25 heavy (non-hydrogen) atoms. The van der Waals surface area contributed by atoms with E-state index in [0.29, 0.717) is 43.1 Å². The van der Waals surface area contributed by atoms with Crippen molar-refractivity contribution in [2.45, 2.75) is 13.8 Å². The Morgan fingerprint density at radius 1 is 1.12 bits per heavy atom. The van der Waals surface area contributed by atoms with E-state index >= 15 is 0 Å². The number of hydrogen-bond donors (Lipinski definition) is 0. The van der Waals surface area contributed by atoms with Crippen molar-refractivity contribution in [2.75, 3.05) is 31.1 Å². The molecule has 1 aromatic heterocycles. The zero-order chi connectivity index (χ0) is 18.0. The fraction of sp³-hybridized carbons (Fsp3) is 0.333. The van der Waals surface area contributed by atoms with Gasteiger partial charge in [0.25, 0.3) is 5.91 Å². The largest absolute Gasteiger partial charge is 0.350 e. The summed E-state index contributed by atoms with van der Waals surface area (Å²) in [5, 5.41) is 17.8. The molecule has 2 aromatic rings. The van der Waals surface area contributed by atoms with Crippen LogP contribution in [0, 0.1) is 25.2 Å². The van der Waals surface area contributed by atoms with E-state index in [4.69, 9.17) is 0 Å². The summed E-state index contributed by atoms with van der Waals surface area (Å²) < 4.78 is 0.950. The maximum absolute atomic E-state index is 12.6. The zero-order valence-corrected chi connectivity index (χ0v) is 15.7. The standard InChI is InChI=1S/C18H18BrN5O/c1-12-13(2)21-22-17(16(12)11-20)23-7-9-24(10-8-23)18(25)14-3-5-15(19)6-4-14/h3-6H,7-10H2,1-2H3. The van der Waals surface area contributed by atoms with E-state index in [1.807, 2.05) is 47.9 Å². The number of amides is 1. The fourth-order valence-corrected chi connectivity index (χ4v) is 3.11. The van der Waals surface area contributed by atoms with Crippen LogP contribution in [0.4, 0.5) is 5.82 Å². The fourth-order valence-electron chi connectivity index (χ4n) is 2.85. The third kappa shape index (κ3) is 3.49. The van der Waals surface area contributed by atoms with Gasteiger partial charge in [0.05, 0.1) is 5.69 Å². The summed E-state index contributed by atoms with van der Waals surface area (Å²) in [6.07, 6.45) is 0. The second-order valence-corrected chi connectivity index (χ2v) is 6.92. The summed E-state index contributed by atoms with van der Waals surface area (Å²) in [5.74, 6) is 0.639. The Morgan fingerprint density at radius 2 is 1.76 bits per heavy atom. The number of piperazine rings is 1. The highest BCUT2D eigenvalue weighted by Gasteiger charge is 2.25. The Labute approximate surface area is 155 Å². The summed E-state index contributed by atoms with van der Waals surface area (Å²) in [6, 6.07) is 9.62. The van der Waals surface area contributed by atoms with Gasteiger partial charge in [-0.3, -0.25) is 4.79 Å². The summed E-state index contributed by atoms with van der Waals surface area (Å²) in [5.41, 5.74) is 2.88. The first-order valence-electron chi connectivity index (χ1n) is 8.05. The predicted octanol–water partition coefficient (Wildman–Crippen LogP) is 2.69. The number of carbonyl (C=O) groups is 1. The van der Waals surface area contributed by atoms with E-state index in [9.17, 15) is 10.1 Å². The quantitative estimate of drug-likeness (QED) is 0.775. The summed E-state index contributed by atoms with van der Waals surface area (Å²) in [6.45, 7) is 6.19. The Morgan fingerprint density at radius 3 is 2.36 bits per heavy atom. The number of nitrogens with zero attached hydrogens (tertiary/aromatic N) is 5. The Balaban J connectivity index is 1.72. The molecule has 2 heterocycles. The molecule has 1 aliphatic rings. The lowest BCUT2D eigenvalue weighted by Gasteiger charge is -2.35. The first-order chi connectivity index (χ1) is 12.0. The number of carbonyl (C=O) groups excluding carboxylic acids is 1. The van der Waals surface area contributed by atoms with Crippen molar-refractivity contribution < 1.29 is 4.79 Å². The number of rotatable bonds is 2. The summed E-state index contributed by atoms with van der Waals surface area (Å²) in [4.78, 5) is 16.5. The SMILES string of the molecule is Cc1nnc(N2CCN(C(=O)c3ccc(Br)cc3)CC2)c(C#N)c1C. The molecule has 1 amide bonds. The first-order valence-corrected chi connectivity index (χ1v) is 8.84. The molecule has 1 aliphatic heterocycles. The lowest BCUT2D eigenvalue weighted by Crippen LogP contribution is -2.49. The second-order valence-electron chi connectivity index (χ2n) is 6.01. The molecule has 0 bridgehead atoms. The van der Waals surface area contributed by atoms with Crippen molar-refractivity contribution in [3.63, 3.8) is 0 Å². The van der Waals surface area contributed by atoms with Crippen molar-refractivity contribution >= 4 is 27.7 Å². The minimum Gasteiger partial charge on any atom is -0.350 e. The molecule has 0 unspecified atom stereocenters. The third-order valence-corrected chi connectivity index (χ3v) is 5.03. The summed E-state index contributed by atoms with van der Waals surface area (Å²) in [7, 11) is 0. The van der Waals surface area contributed by atoms with E-state index < -0.39 is 0 Å². The first kappa shape index (κ1) is 17.4. The third-order valence-electron chi connectivity index (χ3n) is 4.51. The Hall–Kier alpha value is -2.46. The number of aryl methyl sites for hydroxylation is 1. The molecule has 6 nitrogen and oxygen atoms in total. The monoisotopic (exact) mass is 399 g/mol. The molecule has 7 heteroatoms. The average Bonchev–Trinajstić information content (AvgIpc) is 2.64. The van der Waals surface area contributed by atoms with Gasteiger partial charge >= 0.3 is 0 Å². The minimum atomic E-state index is 0.0267. The Bertz CT molecular complexity index is 836. The number of benzene rings is 1. The highest BCUT2D eigenvalue weighted by Crippen LogP contribution is 2.23. The van der Waals surface area contributed by atoms with E-state index in [1.165, 1.54) is 0 Å². The van der Waals surface area contributed by atoms with Crippen molar-refractivity contribution in [2.24, 2.45) is 0 Å². The van der Waals surface area contributed by atoms with E-state index in [2.05, 4.69) is 32.2 Å². The number of halogens is 1. The van der Waals surface area contributed by atoms with Gasteiger partial charge in [-0.15, -0.1) is 5.10 Å². The molecule has 3 rings (SSSR count). The lowest BCUT2D eigenvalue weighted by atomic mass is 10.1. The van der Waals surface area contributed by atoms with E-state index in [-0.39, 0.29) is 5.91 Å². The number of anilines is 1. The van der Waals surface area contributed by atoms with Gasteiger partial charge in [0.1, 0.15) is 11.6 Å². The van der Waals surface area contributed by atoms with E-state index in [1.54, 1.807) is 0 Å². The highest BCUT2D eigenvalue weighted by molar-refractivity contribution is 9.10. The van der Waals surface area contributed by atoms with Gasteiger partial charge in [-0.1, -0.05) is 15.9 Å². The van der Waals surface area contributed by atoms with Gasteiger partial charge in [0.2, 0.25) is 0 Å². The van der Waals surface area contributed by atoms with Crippen molar-refractivity contribution in [1.82, 2.24) is 15.1 Å². The molecule has 0 N–H and O–H groups in total. The number of hydrogen-bond acceptors (Lipinski definition) is 5. The van der Waals surface area contributed by atoms with Crippen LogP contribution in [0.15, 0.2) is 28.7 Å².